The number of urea groups is 1. The molecule has 2 aliphatic rings. The van der Waals surface area contributed by atoms with Crippen molar-refractivity contribution in [3.05, 3.63) is 65.2 Å². The van der Waals surface area contributed by atoms with E-state index in [-0.39, 0.29) is 11.9 Å². The van der Waals surface area contributed by atoms with Crippen molar-refractivity contribution in [1.82, 2.24) is 15.1 Å². The molecule has 4 rings (SSSR count). The number of ether oxygens (including phenoxy) is 1. The van der Waals surface area contributed by atoms with Gasteiger partial charge in [0, 0.05) is 50.5 Å². The first-order valence-corrected chi connectivity index (χ1v) is 11.0. The van der Waals surface area contributed by atoms with Gasteiger partial charge < -0.3 is 20.3 Å². The number of likely N-dealkylation sites (tertiary alicyclic amines) is 1. The second kappa shape index (κ2) is 10.4. The normalized spacial score (nSPS) is 16.8. The number of anilines is 1. The fourth-order valence-corrected chi connectivity index (χ4v) is 3.99. The van der Waals surface area contributed by atoms with Crippen molar-refractivity contribution >= 4 is 17.6 Å². The Kier molecular flexibility index (Phi) is 7.17. The van der Waals surface area contributed by atoms with E-state index in [0.717, 1.165) is 75.6 Å². The Balaban J connectivity index is 1.31. The van der Waals surface area contributed by atoms with Gasteiger partial charge in [-0.1, -0.05) is 24.3 Å². The summed E-state index contributed by atoms with van der Waals surface area (Å²) in [5.74, 6) is -0.102. The van der Waals surface area contributed by atoms with Crippen LogP contribution in [0.15, 0.2) is 48.5 Å². The molecule has 0 aromatic heterocycles. The van der Waals surface area contributed by atoms with Gasteiger partial charge in [0.15, 0.2) is 0 Å². The van der Waals surface area contributed by atoms with Crippen LogP contribution in [0.2, 0.25) is 0 Å². The van der Waals surface area contributed by atoms with Crippen LogP contribution in [0, 0.1) is 0 Å². The van der Waals surface area contributed by atoms with Gasteiger partial charge in [0.1, 0.15) is 0 Å². The van der Waals surface area contributed by atoms with Crippen molar-refractivity contribution in [2.45, 2.75) is 25.9 Å². The van der Waals surface area contributed by atoms with E-state index in [1.807, 2.05) is 47.4 Å². The van der Waals surface area contributed by atoms with Crippen molar-refractivity contribution in [2.24, 2.45) is 0 Å². The molecule has 7 heteroatoms. The lowest BCUT2D eigenvalue weighted by Gasteiger charge is -2.26. The van der Waals surface area contributed by atoms with Crippen molar-refractivity contribution in [1.29, 1.82) is 0 Å². The first-order chi connectivity index (χ1) is 15.2. The molecule has 2 aliphatic heterocycles. The van der Waals surface area contributed by atoms with E-state index in [2.05, 4.69) is 21.6 Å². The van der Waals surface area contributed by atoms with Crippen LogP contribution in [-0.4, -0.2) is 61.1 Å². The Morgan fingerprint density at radius 2 is 1.65 bits per heavy atom. The third-order valence-electron chi connectivity index (χ3n) is 5.72. The molecule has 0 radical (unpaired) electrons. The van der Waals surface area contributed by atoms with Crippen molar-refractivity contribution in [3.8, 4) is 0 Å². The Bertz CT molecular complexity index is 905. The van der Waals surface area contributed by atoms with Gasteiger partial charge >= 0.3 is 6.03 Å². The first-order valence-electron chi connectivity index (χ1n) is 11.0. The van der Waals surface area contributed by atoms with Crippen LogP contribution in [-0.2, 0) is 17.8 Å². The van der Waals surface area contributed by atoms with Gasteiger partial charge in [-0.3, -0.25) is 9.69 Å². The average molecular weight is 423 g/mol. The molecule has 0 spiro atoms. The smallest absolute Gasteiger partial charge is 0.321 e. The monoisotopic (exact) mass is 422 g/mol. The van der Waals surface area contributed by atoms with Gasteiger partial charge in [-0.25, -0.2) is 4.79 Å². The van der Waals surface area contributed by atoms with Crippen LogP contribution < -0.4 is 10.6 Å². The van der Waals surface area contributed by atoms with Gasteiger partial charge in [0.25, 0.3) is 5.91 Å². The summed E-state index contributed by atoms with van der Waals surface area (Å²) in [6.45, 7) is 6.21. The molecule has 0 unspecified atom stereocenters. The van der Waals surface area contributed by atoms with Crippen LogP contribution in [0.25, 0.3) is 0 Å². The Labute approximate surface area is 183 Å². The van der Waals surface area contributed by atoms with Crippen molar-refractivity contribution in [2.75, 3.05) is 44.7 Å². The third kappa shape index (κ3) is 6.06. The van der Waals surface area contributed by atoms with E-state index in [4.69, 9.17) is 4.74 Å². The number of nitrogens with one attached hydrogen (secondary N) is 2. The van der Waals surface area contributed by atoms with Gasteiger partial charge in [-0.15, -0.1) is 0 Å². The zero-order valence-corrected chi connectivity index (χ0v) is 17.8. The van der Waals surface area contributed by atoms with Crippen molar-refractivity contribution < 1.29 is 14.3 Å². The molecule has 2 aromatic carbocycles. The van der Waals surface area contributed by atoms with Gasteiger partial charge in [0.05, 0.1) is 13.2 Å². The highest BCUT2D eigenvalue weighted by atomic mass is 16.5. The average Bonchev–Trinajstić information content (AvgIpc) is 3.34. The number of hydrogen-bond acceptors (Lipinski definition) is 4. The number of benzene rings is 2. The summed E-state index contributed by atoms with van der Waals surface area (Å²) in [4.78, 5) is 29.1. The zero-order valence-electron chi connectivity index (χ0n) is 17.8. The minimum atomic E-state index is -0.102. The predicted molar refractivity (Wildman–Crippen MR) is 120 cm³/mol. The van der Waals surface area contributed by atoms with Crippen LogP contribution in [0.3, 0.4) is 0 Å². The van der Waals surface area contributed by atoms with E-state index >= 15 is 0 Å². The summed E-state index contributed by atoms with van der Waals surface area (Å²) in [5.41, 5.74) is 3.47. The standard InChI is InChI=1S/C24H30N4O3/c29-23(21-7-3-6-20(15-21)18-27-11-13-31-14-12-27)25-17-19-5-4-8-22(16-19)26-24(30)28-9-1-2-10-28/h3-8,15-16H,1-2,9-14,17-18H2,(H,25,29)(H,26,30). The van der Waals surface area contributed by atoms with E-state index < -0.39 is 0 Å². The molecule has 2 fully saturated rings. The molecular formula is C24H30N4O3. The highest BCUT2D eigenvalue weighted by molar-refractivity contribution is 5.94. The summed E-state index contributed by atoms with van der Waals surface area (Å²) in [7, 11) is 0. The highest BCUT2D eigenvalue weighted by Gasteiger charge is 2.18. The zero-order chi connectivity index (χ0) is 21.5. The number of nitrogens with zero attached hydrogens (tertiary/aromatic N) is 2. The second-order valence-corrected chi connectivity index (χ2v) is 8.10. The minimum absolute atomic E-state index is 0.0595. The molecule has 2 N–H and O–H groups in total. The van der Waals surface area contributed by atoms with E-state index in [1.165, 1.54) is 0 Å². The summed E-state index contributed by atoms with van der Waals surface area (Å²) in [6, 6.07) is 15.3. The van der Waals surface area contributed by atoms with Crippen LogP contribution in [0.1, 0.15) is 34.3 Å². The minimum Gasteiger partial charge on any atom is -0.379 e. The van der Waals surface area contributed by atoms with Gasteiger partial charge in [-0.2, -0.15) is 0 Å². The fraction of sp³-hybridized carbons (Fsp3) is 0.417. The van der Waals surface area contributed by atoms with Crippen molar-refractivity contribution in [3.63, 3.8) is 0 Å². The SMILES string of the molecule is O=C(NCc1cccc(NC(=O)N2CCCC2)c1)c1cccc(CN2CCOCC2)c1. The maximum Gasteiger partial charge on any atom is 0.321 e. The number of carbonyl (C=O) groups is 2. The molecule has 7 nitrogen and oxygen atoms in total. The largest absolute Gasteiger partial charge is 0.379 e. The summed E-state index contributed by atoms with van der Waals surface area (Å²) in [5, 5.41) is 5.94. The van der Waals surface area contributed by atoms with Crippen LogP contribution >= 0.6 is 0 Å². The van der Waals surface area contributed by atoms with Crippen LogP contribution in [0.5, 0.6) is 0 Å². The number of hydrogen-bond donors (Lipinski definition) is 2. The number of amides is 3. The Morgan fingerprint density at radius 3 is 2.45 bits per heavy atom. The maximum atomic E-state index is 12.7. The molecule has 2 heterocycles. The lowest BCUT2D eigenvalue weighted by atomic mass is 10.1. The molecule has 0 bridgehead atoms. The summed E-state index contributed by atoms with van der Waals surface area (Å²) < 4.78 is 5.40. The van der Waals surface area contributed by atoms with E-state index in [9.17, 15) is 9.59 Å². The molecular weight excluding hydrogens is 392 g/mol. The fourth-order valence-electron chi connectivity index (χ4n) is 3.99. The van der Waals surface area contributed by atoms with Gasteiger partial charge in [0.2, 0.25) is 0 Å². The molecule has 0 saturated carbocycles. The quantitative estimate of drug-likeness (QED) is 0.750. The first kappa shape index (κ1) is 21.3. The number of morpholine rings is 1. The number of rotatable bonds is 6. The second-order valence-electron chi connectivity index (χ2n) is 8.10. The molecule has 31 heavy (non-hydrogen) atoms. The lowest BCUT2D eigenvalue weighted by Crippen LogP contribution is -2.35. The molecule has 2 saturated heterocycles. The maximum absolute atomic E-state index is 12.7. The van der Waals surface area contributed by atoms with Crippen LogP contribution in [0.4, 0.5) is 10.5 Å². The molecule has 0 atom stereocenters. The topological polar surface area (TPSA) is 73.9 Å². The van der Waals surface area contributed by atoms with E-state index in [0.29, 0.717) is 12.1 Å². The highest BCUT2D eigenvalue weighted by Crippen LogP contribution is 2.15. The molecule has 2 aromatic rings. The predicted octanol–water partition coefficient (Wildman–Crippen LogP) is 3.08. The molecule has 164 valence electrons. The Hall–Kier alpha value is -2.90. The Morgan fingerprint density at radius 1 is 0.903 bits per heavy atom. The van der Waals surface area contributed by atoms with Gasteiger partial charge in [-0.05, 0) is 48.2 Å². The molecule has 3 amide bonds. The number of carbonyl (C=O) groups excluding carboxylic acids is 2. The summed E-state index contributed by atoms with van der Waals surface area (Å²) >= 11 is 0. The molecule has 0 aliphatic carbocycles. The lowest BCUT2D eigenvalue weighted by molar-refractivity contribution is 0.0342. The third-order valence-corrected chi connectivity index (χ3v) is 5.72. The van der Waals surface area contributed by atoms with E-state index in [1.54, 1.807) is 0 Å². The summed E-state index contributed by atoms with van der Waals surface area (Å²) in [6.07, 6.45) is 2.13.